The number of benzene rings is 1. The number of amides is 1. The summed E-state index contributed by atoms with van der Waals surface area (Å²) < 4.78 is 5.39. The third kappa shape index (κ3) is 5.52. The van der Waals surface area contributed by atoms with E-state index < -0.39 is 0 Å². The summed E-state index contributed by atoms with van der Waals surface area (Å²) in [6, 6.07) is 6.10. The molecule has 9 nitrogen and oxygen atoms in total. The number of thioether (sulfide) groups is 1. The third-order valence-corrected chi connectivity index (χ3v) is 7.83. The van der Waals surface area contributed by atoms with E-state index in [1.54, 1.807) is 18.5 Å². The lowest BCUT2D eigenvalue weighted by Gasteiger charge is -2.26. The number of pyridine rings is 1. The first-order valence-corrected chi connectivity index (χ1v) is 14.1. The number of rotatable bonds is 9. The minimum Gasteiger partial charge on any atom is -0.379 e. The van der Waals surface area contributed by atoms with Crippen molar-refractivity contribution in [2.45, 2.75) is 12.8 Å². The van der Waals surface area contributed by atoms with Gasteiger partial charge < -0.3 is 4.74 Å². The van der Waals surface area contributed by atoms with E-state index in [4.69, 9.17) is 9.72 Å². The number of nitrogens with zero attached hydrogens (tertiary/aromatic N) is 6. The molecule has 2 aromatic heterocycles. The Bertz CT molecular complexity index is 1550. The summed E-state index contributed by atoms with van der Waals surface area (Å²) in [5.41, 5.74) is 4.49. The summed E-state index contributed by atoms with van der Waals surface area (Å²) in [6.07, 6.45) is 10.8. The van der Waals surface area contributed by atoms with Crippen LogP contribution in [0.2, 0.25) is 0 Å². The van der Waals surface area contributed by atoms with Gasteiger partial charge in [-0.3, -0.25) is 30.0 Å². The van der Waals surface area contributed by atoms with Crippen molar-refractivity contribution in [2.24, 2.45) is 9.98 Å². The fraction of sp³-hybridized carbons (Fsp3) is 0.357. The van der Waals surface area contributed by atoms with Crippen LogP contribution in [0.25, 0.3) is 16.5 Å². The quantitative estimate of drug-likeness (QED) is 0.336. The number of morpholine rings is 1. The third-order valence-electron chi connectivity index (χ3n) is 6.82. The van der Waals surface area contributed by atoms with E-state index in [-0.39, 0.29) is 11.9 Å². The highest BCUT2D eigenvalue weighted by atomic mass is 32.2. The molecule has 10 heteroatoms. The molecule has 0 unspecified atom stereocenters. The molecule has 0 spiro atoms. The van der Waals surface area contributed by atoms with Crippen molar-refractivity contribution in [3.05, 3.63) is 76.5 Å². The van der Waals surface area contributed by atoms with E-state index in [0.717, 1.165) is 91.0 Å². The number of hydrogen-bond acceptors (Lipinski definition) is 9. The zero-order chi connectivity index (χ0) is 25.7. The molecule has 3 aliphatic heterocycles. The maximum atomic E-state index is 12.6. The normalized spacial score (nSPS) is 16.7. The van der Waals surface area contributed by atoms with Crippen LogP contribution in [-0.4, -0.2) is 76.7 Å². The van der Waals surface area contributed by atoms with Gasteiger partial charge in [-0.15, -0.1) is 0 Å². The maximum absolute atomic E-state index is 12.6. The molecule has 38 heavy (non-hydrogen) atoms. The van der Waals surface area contributed by atoms with Crippen LogP contribution in [0.4, 0.5) is 5.95 Å². The van der Waals surface area contributed by atoms with Crippen molar-refractivity contribution < 1.29 is 9.53 Å². The van der Waals surface area contributed by atoms with Gasteiger partial charge in [-0.2, -0.15) is 11.8 Å². The van der Waals surface area contributed by atoms with Gasteiger partial charge in [0.15, 0.2) is 0 Å². The van der Waals surface area contributed by atoms with Gasteiger partial charge in [0.25, 0.3) is 0 Å². The second-order valence-electron chi connectivity index (χ2n) is 9.36. The second kappa shape index (κ2) is 11.5. The Kier molecular flexibility index (Phi) is 7.52. The van der Waals surface area contributed by atoms with E-state index in [2.05, 4.69) is 42.3 Å². The molecule has 0 radical (unpaired) electrons. The monoisotopic (exact) mass is 527 g/mol. The predicted molar refractivity (Wildman–Crippen MR) is 149 cm³/mol. The van der Waals surface area contributed by atoms with Crippen molar-refractivity contribution in [2.75, 3.05) is 56.2 Å². The number of carbonyl (C=O) groups is 1. The molecule has 1 N–H and O–H groups in total. The molecule has 0 aliphatic carbocycles. The SMILES string of the molecule is O=C(C=CCSCCCN1CCOCC1)Nc1nc(C2=CN=c3cc4c(cc32)=NCC4)c2ccncc2n1. The Morgan fingerprint density at radius 3 is 3.03 bits per heavy atom. The topological polar surface area (TPSA) is 105 Å². The number of anilines is 1. The first-order chi connectivity index (χ1) is 18.7. The molecule has 1 saturated heterocycles. The highest BCUT2D eigenvalue weighted by molar-refractivity contribution is 7.99. The van der Waals surface area contributed by atoms with Gasteiger partial charge in [-0.25, -0.2) is 9.97 Å². The number of ether oxygens (including phenoxy) is 1. The summed E-state index contributed by atoms with van der Waals surface area (Å²) in [4.78, 5) is 37.8. The summed E-state index contributed by atoms with van der Waals surface area (Å²) in [5, 5.41) is 5.63. The molecule has 1 aromatic carbocycles. The van der Waals surface area contributed by atoms with Crippen LogP contribution in [-0.2, 0) is 16.0 Å². The summed E-state index contributed by atoms with van der Waals surface area (Å²) >= 11 is 1.82. The van der Waals surface area contributed by atoms with Crippen LogP contribution < -0.4 is 16.0 Å². The summed E-state index contributed by atoms with van der Waals surface area (Å²) in [7, 11) is 0. The smallest absolute Gasteiger partial charge is 0.250 e. The van der Waals surface area contributed by atoms with Gasteiger partial charge in [-0.05, 0) is 48.9 Å². The second-order valence-corrected chi connectivity index (χ2v) is 10.5. The van der Waals surface area contributed by atoms with Gasteiger partial charge in [-0.1, -0.05) is 6.08 Å². The van der Waals surface area contributed by atoms with Gasteiger partial charge in [0.1, 0.15) is 0 Å². The molecule has 3 aromatic rings. The van der Waals surface area contributed by atoms with Crippen LogP contribution in [0, 0.1) is 0 Å². The molecule has 3 aliphatic rings. The molecule has 1 fully saturated rings. The molecule has 194 valence electrons. The fourth-order valence-corrected chi connectivity index (χ4v) is 5.63. The van der Waals surface area contributed by atoms with Crippen LogP contribution in [0.1, 0.15) is 23.2 Å². The lowest BCUT2D eigenvalue weighted by molar-refractivity contribution is -0.112. The average Bonchev–Trinajstić information content (AvgIpc) is 3.57. The molecule has 0 bridgehead atoms. The maximum Gasteiger partial charge on any atom is 0.250 e. The Hall–Kier alpha value is -3.47. The Labute approximate surface area is 224 Å². The van der Waals surface area contributed by atoms with E-state index in [9.17, 15) is 4.79 Å². The van der Waals surface area contributed by atoms with E-state index >= 15 is 0 Å². The Morgan fingerprint density at radius 1 is 1.18 bits per heavy atom. The molecule has 5 heterocycles. The zero-order valence-corrected chi connectivity index (χ0v) is 21.9. The molecular weight excluding hydrogens is 498 g/mol. The molecule has 1 amide bonds. The number of fused-ring (bicyclic) bond motifs is 3. The molecule has 6 rings (SSSR count). The first-order valence-electron chi connectivity index (χ1n) is 13.0. The highest BCUT2D eigenvalue weighted by Gasteiger charge is 2.20. The van der Waals surface area contributed by atoms with E-state index in [1.165, 1.54) is 5.56 Å². The standard InChI is InChI=1S/C28H29N7O2S/c36-26(3-1-13-38-14-2-8-35-9-11-37-12-10-35)33-28-32-25-18-29-6-5-20(25)27(34-28)22-17-31-24-15-19-4-7-30-23(19)16-21(22)24/h1,3,5-6,15-18H,2,4,7-14H2,(H,32,33,34,36). The van der Waals surface area contributed by atoms with Crippen LogP contribution in [0.3, 0.4) is 0 Å². The summed E-state index contributed by atoms with van der Waals surface area (Å²) in [6.45, 7) is 5.63. The average molecular weight is 528 g/mol. The van der Waals surface area contributed by atoms with Gasteiger partial charge in [0.05, 0.1) is 41.3 Å². The minimum atomic E-state index is -0.254. The number of hydrogen-bond donors (Lipinski definition) is 1. The van der Waals surface area contributed by atoms with Gasteiger partial charge >= 0.3 is 0 Å². The highest BCUT2D eigenvalue weighted by Crippen LogP contribution is 2.29. The largest absolute Gasteiger partial charge is 0.379 e. The lowest BCUT2D eigenvalue weighted by Crippen LogP contribution is -2.36. The number of carbonyl (C=O) groups excluding carboxylic acids is 1. The van der Waals surface area contributed by atoms with Crippen molar-refractivity contribution in [1.29, 1.82) is 0 Å². The van der Waals surface area contributed by atoms with E-state index in [0.29, 0.717) is 11.2 Å². The number of nitrogens with one attached hydrogen (secondary N) is 1. The van der Waals surface area contributed by atoms with E-state index in [1.807, 2.05) is 30.1 Å². The molecule has 0 atom stereocenters. The van der Waals surface area contributed by atoms with Crippen molar-refractivity contribution in [3.8, 4) is 0 Å². The zero-order valence-electron chi connectivity index (χ0n) is 21.1. The van der Waals surface area contributed by atoms with Gasteiger partial charge in [0.2, 0.25) is 11.9 Å². The fourth-order valence-electron chi connectivity index (χ4n) is 4.89. The minimum absolute atomic E-state index is 0.244. The first kappa shape index (κ1) is 24.8. The predicted octanol–water partition coefficient (Wildman–Crippen LogP) is 2.17. The Morgan fingerprint density at radius 2 is 2.11 bits per heavy atom. The number of aromatic nitrogens is 3. The van der Waals surface area contributed by atoms with Crippen molar-refractivity contribution in [1.82, 2.24) is 19.9 Å². The van der Waals surface area contributed by atoms with Crippen LogP contribution in [0.5, 0.6) is 0 Å². The lowest BCUT2D eigenvalue weighted by atomic mass is 9.99. The molecule has 0 saturated carbocycles. The van der Waals surface area contributed by atoms with Crippen molar-refractivity contribution in [3.63, 3.8) is 0 Å². The van der Waals surface area contributed by atoms with Crippen LogP contribution >= 0.6 is 11.8 Å². The summed E-state index contributed by atoms with van der Waals surface area (Å²) in [5.74, 6) is 1.83. The Balaban J connectivity index is 1.11. The van der Waals surface area contributed by atoms with Gasteiger partial charge in [0, 0.05) is 60.4 Å². The van der Waals surface area contributed by atoms with Crippen LogP contribution in [0.15, 0.2) is 58.9 Å². The molecular formula is C28H29N7O2S. The van der Waals surface area contributed by atoms with Crippen molar-refractivity contribution >= 4 is 40.1 Å².